The second kappa shape index (κ2) is 12.0. The molecule has 1 aliphatic rings. The summed E-state index contributed by atoms with van der Waals surface area (Å²) in [7, 11) is 1.58. The molecule has 150 valence electrons. The standard InChI is InChI=1S/C18H27ClN4O3S/c1-3-8-26-17-15(19)11-14(12-16(17)24-2)13-21-22-18(27)20-4-5-23-6-9-25-10-7-23/h11-13H,3-10H2,1-2H3,(H2,20,22,27)/p+1/b21-13-. The Morgan fingerprint density at radius 2 is 2.19 bits per heavy atom. The Bertz CT molecular complexity index is 639. The second-order valence-corrected chi connectivity index (χ2v) is 6.94. The van der Waals surface area contributed by atoms with E-state index in [2.05, 4.69) is 15.8 Å². The fraction of sp³-hybridized carbons (Fsp3) is 0.556. The van der Waals surface area contributed by atoms with E-state index in [1.54, 1.807) is 19.4 Å². The molecule has 0 aromatic heterocycles. The van der Waals surface area contributed by atoms with Gasteiger partial charge in [0.1, 0.15) is 13.1 Å². The van der Waals surface area contributed by atoms with Crippen molar-refractivity contribution in [1.29, 1.82) is 0 Å². The van der Waals surface area contributed by atoms with Gasteiger partial charge in [-0.05, 0) is 36.3 Å². The molecule has 0 radical (unpaired) electrons. The third-order valence-corrected chi connectivity index (χ3v) is 4.56. The van der Waals surface area contributed by atoms with Crippen molar-refractivity contribution in [2.24, 2.45) is 5.10 Å². The number of benzene rings is 1. The zero-order valence-electron chi connectivity index (χ0n) is 15.8. The summed E-state index contributed by atoms with van der Waals surface area (Å²) in [5, 5.41) is 8.28. The summed E-state index contributed by atoms with van der Waals surface area (Å²) in [6, 6.07) is 3.60. The highest BCUT2D eigenvalue weighted by atomic mass is 35.5. The maximum atomic E-state index is 6.30. The van der Waals surface area contributed by atoms with Crippen LogP contribution in [0.4, 0.5) is 0 Å². The van der Waals surface area contributed by atoms with Gasteiger partial charge in [-0.1, -0.05) is 18.5 Å². The molecule has 1 saturated heterocycles. The first kappa shape index (κ1) is 21.7. The van der Waals surface area contributed by atoms with Gasteiger partial charge in [-0.25, -0.2) is 0 Å². The minimum atomic E-state index is 0.485. The van der Waals surface area contributed by atoms with E-state index >= 15 is 0 Å². The summed E-state index contributed by atoms with van der Waals surface area (Å²) in [5.41, 5.74) is 3.60. The summed E-state index contributed by atoms with van der Waals surface area (Å²) in [4.78, 5) is 1.52. The Hall–Kier alpha value is -1.61. The van der Waals surface area contributed by atoms with Gasteiger partial charge in [0.25, 0.3) is 0 Å². The van der Waals surface area contributed by atoms with E-state index in [-0.39, 0.29) is 0 Å². The monoisotopic (exact) mass is 415 g/mol. The molecule has 0 aliphatic carbocycles. The molecular weight excluding hydrogens is 388 g/mol. The molecular formula is C18H28ClN4O3S+. The summed E-state index contributed by atoms with van der Waals surface area (Å²) in [5.74, 6) is 1.13. The Balaban J connectivity index is 1.80. The molecule has 0 bridgehead atoms. The Morgan fingerprint density at radius 1 is 1.41 bits per heavy atom. The third kappa shape index (κ3) is 7.50. The Kier molecular flexibility index (Phi) is 9.61. The molecule has 0 spiro atoms. The van der Waals surface area contributed by atoms with Gasteiger partial charge in [0.2, 0.25) is 0 Å². The quantitative estimate of drug-likeness (QED) is 0.315. The lowest BCUT2D eigenvalue weighted by atomic mass is 10.2. The highest BCUT2D eigenvalue weighted by Gasteiger charge is 2.13. The zero-order chi connectivity index (χ0) is 19.5. The minimum absolute atomic E-state index is 0.485. The molecule has 1 aromatic rings. The summed E-state index contributed by atoms with van der Waals surface area (Å²) < 4.78 is 16.4. The predicted octanol–water partition coefficient (Wildman–Crippen LogP) is 0.851. The average Bonchev–Trinajstić information content (AvgIpc) is 2.67. The van der Waals surface area contributed by atoms with Crippen molar-refractivity contribution in [3.8, 4) is 11.5 Å². The van der Waals surface area contributed by atoms with Crippen molar-refractivity contribution in [2.75, 3.05) is 53.1 Å². The fourth-order valence-electron chi connectivity index (χ4n) is 2.63. The van der Waals surface area contributed by atoms with E-state index in [0.717, 1.165) is 51.4 Å². The lowest BCUT2D eigenvalue weighted by Crippen LogP contribution is -3.14. The van der Waals surface area contributed by atoms with Crippen LogP contribution in [-0.4, -0.2) is 64.4 Å². The second-order valence-electron chi connectivity index (χ2n) is 6.12. The molecule has 9 heteroatoms. The van der Waals surface area contributed by atoms with Crippen LogP contribution >= 0.6 is 23.8 Å². The topological polar surface area (TPSA) is 68.5 Å². The fourth-order valence-corrected chi connectivity index (χ4v) is 3.05. The highest BCUT2D eigenvalue weighted by Crippen LogP contribution is 2.36. The van der Waals surface area contributed by atoms with Gasteiger partial charge in [0.05, 0.1) is 51.3 Å². The van der Waals surface area contributed by atoms with Crippen LogP contribution in [0.1, 0.15) is 18.9 Å². The van der Waals surface area contributed by atoms with E-state index in [1.165, 1.54) is 4.90 Å². The molecule has 3 N–H and O–H groups in total. The first-order chi connectivity index (χ1) is 13.1. The average molecular weight is 416 g/mol. The maximum Gasteiger partial charge on any atom is 0.187 e. The lowest BCUT2D eigenvalue weighted by molar-refractivity contribution is -0.906. The van der Waals surface area contributed by atoms with E-state index in [0.29, 0.717) is 28.2 Å². The molecule has 0 atom stereocenters. The van der Waals surface area contributed by atoms with Crippen molar-refractivity contribution >= 4 is 35.1 Å². The van der Waals surface area contributed by atoms with Gasteiger partial charge in [-0.3, -0.25) is 5.43 Å². The highest BCUT2D eigenvalue weighted by molar-refractivity contribution is 7.80. The largest absolute Gasteiger partial charge is 0.493 e. The molecule has 0 saturated carbocycles. The molecule has 27 heavy (non-hydrogen) atoms. The Labute approximate surface area is 171 Å². The third-order valence-electron chi connectivity index (χ3n) is 4.05. The van der Waals surface area contributed by atoms with Gasteiger partial charge in [-0.2, -0.15) is 5.10 Å². The van der Waals surface area contributed by atoms with Crippen LogP contribution in [-0.2, 0) is 4.74 Å². The molecule has 1 fully saturated rings. The number of hydrogen-bond donors (Lipinski definition) is 3. The number of nitrogens with zero attached hydrogens (tertiary/aromatic N) is 1. The van der Waals surface area contributed by atoms with Crippen molar-refractivity contribution in [3.63, 3.8) is 0 Å². The molecule has 1 aromatic carbocycles. The minimum Gasteiger partial charge on any atom is -0.493 e. The zero-order valence-corrected chi connectivity index (χ0v) is 17.4. The number of rotatable bonds is 9. The van der Waals surface area contributed by atoms with Crippen LogP contribution in [0, 0.1) is 0 Å². The molecule has 1 heterocycles. The predicted molar refractivity (Wildman–Crippen MR) is 112 cm³/mol. The van der Waals surface area contributed by atoms with E-state index in [1.807, 2.05) is 13.0 Å². The van der Waals surface area contributed by atoms with Gasteiger partial charge in [0, 0.05) is 0 Å². The summed E-state index contributed by atoms with van der Waals surface area (Å²) in [6.07, 6.45) is 2.53. The number of quaternary nitrogens is 1. The van der Waals surface area contributed by atoms with Crippen LogP contribution in [0.3, 0.4) is 0 Å². The van der Waals surface area contributed by atoms with Crippen LogP contribution in [0.5, 0.6) is 11.5 Å². The van der Waals surface area contributed by atoms with Crippen LogP contribution in [0.25, 0.3) is 0 Å². The van der Waals surface area contributed by atoms with Gasteiger partial charge in [-0.15, -0.1) is 0 Å². The van der Waals surface area contributed by atoms with Gasteiger partial charge >= 0.3 is 0 Å². The van der Waals surface area contributed by atoms with E-state index in [4.69, 9.17) is 38.0 Å². The van der Waals surface area contributed by atoms with Crippen LogP contribution < -0.4 is 25.1 Å². The van der Waals surface area contributed by atoms with Crippen LogP contribution in [0.15, 0.2) is 17.2 Å². The van der Waals surface area contributed by atoms with E-state index in [9.17, 15) is 0 Å². The number of hydrazone groups is 1. The summed E-state index contributed by atoms with van der Waals surface area (Å²) in [6.45, 7) is 8.15. The normalized spacial score (nSPS) is 14.9. The van der Waals surface area contributed by atoms with Crippen molar-refractivity contribution < 1.29 is 19.1 Å². The molecule has 0 amide bonds. The Morgan fingerprint density at radius 3 is 2.89 bits per heavy atom. The van der Waals surface area contributed by atoms with Crippen molar-refractivity contribution in [2.45, 2.75) is 13.3 Å². The lowest BCUT2D eigenvalue weighted by Gasteiger charge is -2.23. The smallest absolute Gasteiger partial charge is 0.187 e. The number of ether oxygens (including phenoxy) is 3. The SMILES string of the molecule is CCCOc1c(Cl)cc(/C=N\NC(=S)NCC[NH+]2CCOCC2)cc1OC. The van der Waals surface area contributed by atoms with Gasteiger partial charge < -0.3 is 24.4 Å². The number of morpholine rings is 1. The molecule has 2 rings (SSSR count). The maximum absolute atomic E-state index is 6.30. The van der Waals surface area contributed by atoms with Crippen molar-refractivity contribution in [1.82, 2.24) is 10.7 Å². The van der Waals surface area contributed by atoms with E-state index < -0.39 is 0 Å². The van der Waals surface area contributed by atoms with Crippen LogP contribution in [0.2, 0.25) is 5.02 Å². The molecule has 1 aliphatic heterocycles. The number of hydrogen-bond acceptors (Lipinski definition) is 5. The summed E-state index contributed by atoms with van der Waals surface area (Å²) >= 11 is 11.5. The number of nitrogens with one attached hydrogen (secondary N) is 3. The number of thiocarbonyl (C=S) groups is 1. The van der Waals surface area contributed by atoms with Crippen molar-refractivity contribution in [3.05, 3.63) is 22.7 Å². The molecule has 7 nitrogen and oxygen atoms in total. The first-order valence-electron chi connectivity index (χ1n) is 9.12. The van der Waals surface area contributed by atoms with Gasteiger partial charge in [0.15, 0.2) is 16.6 Å². The number of methoxy groups -OCH3 is 1. The molecule has 0 unspecified atom stereocenters. The first-order valence-corrected chi connectivity index (χ1v) is 9.91. The number of halogens is 1.